The van der Waals surface area contributed by atoms with Crippen molar-refractivity contribution in [3.05, 3.63) is 11.6 Å². The molecule has 1 saturated carbocycles. The summed E-state index contributed by atoms with van der Waals surface area (Å²) in [5, 5.41) is 0. The molecule has 3 atom stereocenters. The number of carbonyl (C=O) groups excluding carboxylic acids is 1. The molecule has 3 nitrogen and oxygen atoms in total. The zero-order valence-electron chi connectivity index (χ0n) is 13.6. The fraction of sp³-hybridized carbons (Fsp3) is 0.824. The molecule has 116 valence electrons. The Morgan fingerprint density at radius 2 is 1.90 bits per heavy atom. The number of rotatable bonds is 9. The van der Waals surface area contributed by atoms with Crippen LogP contribution in [0, 0.1) is 17.8 Å². The van der Waals surface area contributed by atoms with Crippen molar-refractivity contribution in [1.29, 1.82) is 0 Å². The maximum absolute atomic E-state index is 11.4. The summed E-state index contributed by atoms with van der Waals surface area (Å²) in [6, 6.07) is 0. The van der Waals surface area contributed by atoms with Crippen LogP contribution < -0.4 is 0 Å². The molecule has 1 fully saturated rings. The van der Waals surface area contributed by atoms with E-state index in [-0.39, 0.29) is 23.9 Å². The Morgan fingerprint density at radius 1 is 1.25 bits per heavy atom. The van der Waals surface area contributed by atoms with E-state index in [9.17, 15) is 4.79 Å². The highest BCUT2D eigenvalue weighted by Gasteiger charge is 2.31. The molecule has 0 aromatic heterocycles. The van der Waals surface area contributed by atoms with Crippen molar-refractivity contribution < 1.29 is 14.3 Å². The van der Waals surface area contributed by atoms with Crippen LogP contribution in [0.4, 0.5) is 0 Å². The lowest BCUT2D eigenvalue weighted by Crippen LogP contribution is -2.20. The van der Waals surface area contributed by atoms with Crippen molar-refractivity contribution in [2.75, 3.05) is 13.2 Å². The summed E-state index contributed by atoms with van der Waals surface area (Å²) in [6.07, 6.45) is 5.56. The van der Waals surface area contributed by atoms with Gasteiger partial charge in [0.25, 0.3) is 0 Å². The summed E-state index contributed by atoms with van der Waals surface area (Å²) in [7, 11) is 0. The molecule has 3 heteroatoms. The average Bonchev–Trinajstić information content (AvgIpc) is 3.26. The molecule has 0 bridgehead atoms. The highest BCUT2D eigenvalue weighted by atomic mass is 16.5. The fourth-order valence-corrected chi connectivity index (χ4v) is 1.85. The second-order valence-electron chi connectivity index (χ2n) is 6.28. The first-order chi connectivity index (χ1) is 9.43. The van der Waals surface area contributed by atoms with Gasteiger partial charge in [-0.05, 0) is 38.2 Å². The Bertz CT molecular complexity index is 331. The lowest BCUT2D eigenvalue weighted by Gasteiger charge is -2.18. The van der Waals surface area contributed by atoms with Crippen LogP contribution in [0.15, 0.2) is 11.6 Å². The van der Waals surface area contributed by atoms with Gasteiger partial charge in [0.1, 0.15) is 0 Å². The second kappa shape index (κ2) is 8.46. The summed E-state index contributed by atoms with van der Waals surface area (Å²) in [6.45, 7) is 11.8. The molecule has 1 aliphatic carbocycles. The van der Waals surface area contributed by atoms with Crippen LogP contribution in [0.25, 0.3) is 0 Å². The zero-order valence-corrected chi connectivity index (χ0v) is 13.6. The monoisotopic (exact) mass is 282 g/mol. The van der Waals surface area contributed by atoms with Gasteiger partial charge in [-0.1, -0.05) is 33.3 Å². The highest BCUT2D eigenvalue weighted by molar-refractivity contribution is 5.74. The largest absolute Gasteiger partial charge is 0.465 e. The van der Waals surface area contributed by atoms with Crippen molar-refractivity contribution in [2.45, 2.75) is 60.0 Å². The molecule has 0 aromatic rings. The molecule has 0 N–H and O–H groups in total. The molecule has 20 heavy (non-hydrogen) atoms. The van der Waals surface area contributed by atoms with Gasteiger partial charge in [-0.3, -0.25) is 4.79 Å². The SMILES string of the molecule is CCC(C)/C=C(\C)C(C)OCC(C)COC(=O)C1CC1. The van der Waals surface area contributed by atoms with Gasteiger partial charge < -0.3 is 9.47 Å². The molecular formula is C17H30O3. The Kier molecular flexibility index (Phi) is 7.28. The van der Waals surface area contributed by atoms with E-state index in [2.05, 4.69) is 40.7 Å². The lowest BCUT2D eigenvalue weighted by atomic mass is 10.0. The van der Waals surface area contributed by atoms with Crippen LogP contribution in [-0.2, 0) is 14.3 Å². The van der Waals surface area contributed by atoms with Crippen molar-refractivity contribution in [2.24, 2.45) is 17.8 Å². The van der Waals surface area contributed by atoms with Gasteiger partial charge in [0.15, 0.2) is 0 Å². The number of carbonyl (C=O) groups is 1. The van der Waals surface area contributed by atoms with E-state index in [4.69, 9.17) is 9.47 Å². The quantitative estimate of drug-likeness (QED) is 0.474. The maximum Gasteiger partial charge on any atom is 0.308 e. The van der Waals surface area contributed by atoms with Crippen LogP contribution in [-0.4, -0.2) is 25.3 Å². The first-order valence-electron chi connectivity index (χ1n) is 7.90. The lowest BCUT2D eigenvalue weighted by molar-refractivity contribution is -0.147. The molecular weight excluding hydrogens is 252 g/mol. The molecule has 0 aliphatic heterocycles. The molecule has 0 saturated heterocycles. The Balaban J connectivity index is 2.20. The van der Waals surface area contributed by atoms with Crippen molar-refractivity contribution in [3.63, 3.8) is 0 Å². The Hall–Kier alpha value is -0.830. The number of allylic oxidation sites excluding steroid dienone is 1. The van der Waals surface area contributed by atoms with Gasteiger partial charge in [0.05, 0.1) is 25.2 Å². The third kappa shape index (κ3) is 6.56. The average molecular weight is 282 g/mol. The van der Waals surface area contributed by atoms with Crippen molar-refractivity contribution in [3.8, 4) is 0 Å². The third-order valence-electron chi connectivity index (χ3n) is 3.88. The maximum atomic E-state index is 11.4. The van der Waals surface area contributed by atoms with E-state index >= 15 is 0 Å². The molecule has 1 rings (SSSR count). The van der Waals surface area contributed by atoms with E-state index < -0.39 is 0 Å². The smallest absolute Gasteiger partial charge is 0.308 e. The summed E-state index contributed by atoms with van der Waals surface area (Å²) in [5.41, 5.74) is 1.28. The normalized spacial score (nSPS) is 20.4. The molecule has 0 aromatic carbocycles. The van der Waals surface area contributed by atoms with Crippen LogP contribution >= 0.6 is 0 Å². The molecule has 0 spiro atoms. The molecule has 3 unspecified atom stereocenters. The molecule has 0 amide bonds. The number of ether oxygens (including phenoxy) is 2. The topological polar surface area (TPSA) is 35.5 Å². The van der Waals surface area contributed by atoms with Gasteiger partial charge in [-0.25, -0.2) is 0 Å². The Labute approximate surface area is 123 Å². The molecule has 1 aliphatic rings. The zero-order chi connectivity index (χ0) is 15.1. The first kappa shape index (κ1) is 17.2. The first-order valence-corrected chi connectivity index (χ1v) is 7.90. The number of hydrogen-bond acceptors (Lipinski definition) is 3. The molecule has 0 radical (unpaired) electrons. The van der Waals surface area contributed by atoms with E-state index in [0.29, 0.717) is 19.1 Å². The van der Waals surface area contributed by atoms with Gasteiger partial charge in [-0.15, -0.1) is 0 Å². The fourth-order valence-electron chi connectivity index (χ4n) is 1.85. The van der Waals surface area contributed by atoms with Crippen LogP contribution in [0.1, 0.15) is 53.9 Å². The van der Waals surface area contributed by atoms with Crippen molar-refractivity contribution in [1.82, 2.24) is 0 Å². The van der Waals surface area contributed by atoms with E-state index in [1.54, 1.807) is 0 Å². The molecule has 0 heterocycles. The standard InChI is InChI=1S/C17H30O3/c1-6-12(2)9-14(4)15(5)19-10-13(3)11-20-17(18)16-7-8-16/h9,12-13,15-16H,6-8,10-11H2,1-5H3/b14-9+. The van der Waals surface area contributed by atoms with Gasteiger partial charge in [0, 0.05) is 5.92 Å². The van der Waals surface area contributed by atoms with Crippen molar-refractivity contribution >= 4 is 5.97 Å². The summed E-state index contributed by atoms with van der Waals surface area (Å²) in [5.74, 6) is 0.995. The predicted molar refractivity (Wildman–Crippen MR) is 81.5 cm³/mol. The Morgan fingerprint density at radius 3 is 2.45 bits per heavy atom. The van der Waals surface area contributed by atoms with Crippen LogP contribution in [0.5, 0.6) is 0 Å². The minimum atomic E-state index is -0.0299. The van der Waals surface area contributed by atoms with Crippen LogP contribution in [0.3, 0.4) is 0 Å². The summed E-state index contributed by atoms with van der Waals surface area (Å²) in [4.78, 5) is 11.4. The van der Waals surface area contributed by atoms with E-state index in [1.165, 1.54) is 5.57 Å². The minimum absolute atomic E-state index is 0.0299. The summed E-state index contributed by atoms with van der Waals surface area (Å²) < 4.78 is 11.1. The second-order valence-corrected chi connectivity index (χ2v) is 6.28. The van der Waals surface area contributed by atoms with E-state index in [1.807, 2.05) is 0 Å². The minimum Gasteiger partial charge on any atom is -0.465 e. The van der Waals surface area contributed by atoms with Crippen LogP contribution in [0.2, 0.25) is 0 Å². The van der Waals surface area contributed by atoms with E-state index in [0.717, 1.165) is 19.3 Å². The van der Waals surface area contributed by atoms with Gasteiger partial charge >= 0.3 is 5.97 Å². The number of hydrogen-bond donors (Lipinski definition) is 0. The third-order valence-corrected chi connectivity index (χ3v) is 3.88. The highest BCUT2D eigenvalue weighted by Crippen LogP contribution is 2.30. The van der Waals surface area contributed by atoms with Gasteiger partial charge in [-0.2, -0.15) is 0 Å². The summed E-state index contributed by atoms with van der Waals surface area (Å²) >= 11 is 0. The number of esters is 1. The van der Waals surface area contributed by atoms with Gasteiger partial charge in [0.2, 0.25) is 0 Å². The predicted octanol–water partition coefficient (Wildman–Crippen LogP) is 3.97.